The van der Waals surface area contributed by atoms with Crippen LogP contribution in [0.2, 0.25) is 0 Å². The van der Waals surface area contributed by atoms with Gasteiger partial charge in [0.25, 0.3) is 0 Å². The molecule has 0 aromatic carbocycles. The summed E-state index contributed by atoms with van der Waals surface area (Å²) in [5.74, 6) is 0.869. The molecule has 3 saturated heterocycles. The number of carbonyl (C=O) groups is 1. The number of ether oxygens (including phenoxy) is 1. The normalized spacial score (nSPS) is 31.2. The summed E-state index contributed by atoms with van der Waals surface area (Å²) in [4.78, 5) is 18.1. The van der Waals surface area contributed by atoms with Crippen molar-refractivity contribution in [3.05, 3.63) is 0 Å². The highest BCUT2D eigenvalue weighted by atomic mass is 127. The van der Waals surface area contributed by atoms with Gasteiger partial charge in [-0.2, -0.15) is 0 Å². The van der Waals surface area contributed by atoms with Crippen LogP contribution in [0.15, 0.2) is 4.99 Å². The van der Waals surface area contributed by atoms with E-state index in [1.165, 1.54) is 6.42 Å². The third kappa shape index (κ3) is 4.00. The van der Waals surface area contributed by atoms with Crippen LogP contribution in [0.25, 0.3) is 0 Å². The first-order valence-electron chi connectivity index (χ1n) is 7.66. The molecular formula is C14H25IN4O2. The first-order valence-corrected chi connectivity index (χ1v) is 7.66. The highest BCUT2D eigenvalue weighted by molar-refractivity contribution is 14.0. The molecule has 0 aliphatic carbocycles. The van der Waals surface area contributed by atoms with Crippen molar-refractivity contribution in [2.75, 3.05) is 26.7 Å². The molecule has 6 nitrogen and oxygen atoms in total. The van der Waals surface area contributed by atoms with E-state index in [4.69, 9.17) is 4.74 Å². The number of guanidine groups is 1. The van der Waals surface area contributed by atoms with Crippen molar-refractivity contribution in [3.8, 4) is 0 Å². The van der Waals surface area contributed by atoms with Gasteiger partial charge >= 0.3 is 0 Å². The summed E-state index contributed by atoms with van der Waals surface area (Å²) >= 11 is 0. The van der Waals surface area contributed by atoms with Crippen molar-refractivity contribution < 1.29 is 9.53 Å². The highest BCUT2D eigenvalue weighted by Gasteiger charge is 2.41. The average Bonchev–Trinajstić information content (AvgIpc) is 3.18. The van der Waals surface area contributed by atoms with Gasteiger partial charge in [0, 0.05) is 20.1 Å². The summed E-state index contributed by atoms with van der Waals surface area (Å²) < 4.78 is 5.82. The van der Waals surface area contributed by atoms with Crippen molar-refractivity contribution in [2.24, 2.45) is 4.99 Å². The lowest BCUT2D eigenvalue weighted by atomic mass is 9.96. The van der Waals surface area contributed by atoms with Crippen LogP contribution in [-0.2, 0) is 9.53 Å². The highest BCUT2D eigenvalue weighted by Crippen LogP contribution is 2.34. The third-order valence-electron chi connectivity index (χ3n) is 4.52. The van der Waals surface area contributed by atoms with Gasteiger partial charge in [0.05, 0.1) is 24.8 Å². The topological polar surface area (TPSA) is 66.0 Å². The standard InChI is InChI=1S/C14H24N4O2.HI/c1-15-14(16-9-13(19)18-6-2-3-7-18)17-11-8-10-4-5-12(11)20-10;/h10-12H,2-9H2,1H3,(H2,15,16,17);1H. The SMILES string of the molecule is CN=C(NCC(=O)N1CCCC1)NC1CC2CCC1O2.I. The number of likely N-dealkylation sites (tertiary alicyclic amines) is 1. The fourth-order valence-corrected chi connectivity index (χ4v) is 3.40. The molecule has 0 radical (unpaired) electrons. The number of halogens is 1. The quantitative estimate of drug-likeness (QED) is 0.410. The monoisotopic (exact) mass is 408 g/mol. The lowest BCUT2D eigenvalue weighted by Gasteiger charge is -2.23. The van der Waals surface area contributed by atoms with Crippen molar-refractivity contribution in [1.82, 2.24) is 15.5 Å². The number of aliphatic imine (C=N–C) groups is 1. The largest absolute Gasteiger partial charge is 0.373 e. The zero-order chi connectivity index (χ0) is 13.9. The maximum atomic E-state index is 12.0. The molecule has 3 unspecified atom stereocenters. The molecule has 3 rings (SSSR count). The van der Waals surface area contributed by atoms with Gasteiger partial charge in [0.2, 0.25) is 5.91 Å². The van der Waals surface area contributed by atoms with E-state index in [9.17, 15) is 4.79 Å². The lowest BCUT2D eigenvalue weighted by molar-refractivity contribution is -0.128. The first-order chi connectivity index (χ1) is 9.76. The lowest BCUT2D eigenvalue weighted by Crippen LogP contribution is -2.49. The van der Waals surface area contributed by atoms with Crippen LogP contribution in [0.4, 0.5) is 0 Å². The minimum absolute atomic E-state index is 0. The number of nitrogens with one attached hydrogen (secondary N) is 2. The molecule has 0 saturated carbocycles. The van der Waals surface area contributed by atoms with E-state index in [1.54, 1.807) is 7.05 Å². The molecule has 3 fully saturated rings. The number of nitrogens with zero attached hydrogens (tertiary/aromatic N) is 2. The summed E-state index contributed by atoms with van der Waals surface area (Å²) in [5, 5.41) is 6.51. The minimum atomic E-state index is 0. The molecule has 120 valence electrons. The molecule has 3 aliphatic heterocycles. The molecule has 2 N–H and O–H groups in total. The van der Waals surface area contributed by atoms with E-state index in [1.807, 2.05) is 4.90 Å². The second-order valence-electron chi connectivity index (χ2n) is 5.87. The molecule has 1 amide bonds. The van der Waals surface area contributed by atoms with Gasteiger partial charge in [-0.05, 0) is 32.1 Å². The van der Waals surface area contributed by atoms with Gasteiger partial charge in [0.1, 0.15) is 0 Å². The number of hydrogen-bond acceptors (Lipinski definition) is 3. The molecule has 3 heterocycles. The maximum Gasteiger partial charge on any atom is 0.241 e. The van der Waals surface area contributed by atoms with Crippen molar-refractivity contribution in [3.63, 3.8) is 0 Å². The van der Waals surface area contributed by atoms with Gasteiger partial charge in [-0.1, -0.05) is 0 Å². The molecule has 0 aromatic rings. The molecular weight excluding hydrogens is 383 g/mol. The van der Waals surface area contributed by atoms with Gasteiger partial charge in [-0.25, -0.2) is 0 Å². The Morgan fingerprint density at radius 1 is 1.33 bits per heavy atom. The van der Waals surface area contributed by atoms with E-state index in [2.05, 4.69) is 15.6 Å². The van der Waals surface area contributed by atoms with Gasteiger partial charge in [0.15, 0.2) is 5.96 Å². The van der Waals surface area contributed by atoms with Crippen LogP contribution in [-0.4, -0.2) is 61.7 Å². The molecule has 0 spiro atoms. The summed E-state index contributed by atoms with van der Waals surface area (Å²) in [6, 6.07) is 0.335. The Balaban J connectivity index is 0.00000161. The zero-order valence-electron chi connectivity index (χ0n) is 12.5. The first kappa shape index (κ1) is 16.8. The van der Waals surface area contributed by atoms with Gasteiger partial charge in [-0.3, -0.25) is 9.79 Å². The van der Waals surface area contributed by atoms with Crippen LogP contribution < -0.4 is 10.6 Å². The predicted octanol–water partition coefficient (Wildman–Crippen LogP) is 0.712. The van der Waals surface area contributed by atoms with Crippen molar-refractivity contribution in [2.45, 2.75) is 50.4 Å². The fraction of sp³-hybridized carbons (Fsp3) is 0.857. The van der Waals surface area contributed by atoms with Crippen LogP contribution >= 0.6 is 24.0 Å². The number of amides is 1. The Hall–Kier alpha value is -0.570. The Morgan fingerprint density at radius 3 is 2.67 bits per heavy atom. The molecule has 2 bridgehead atoms. The maximum absolute atomic E-state index is 12.0. The summed E-state index contributed by atoms with van der Waals surface area (Å²) in [6.07, 6.45) is 6.34. The second-order valence-corrected chi connectivity index (χ2v) is 5.87. The van der Waals surface area contributed by atoms with E-state index < -0.39 is 0 Å². The minimum Gasteiger partial charge on any atom is -0.373 e. The second kappa shape index (κ2) is 7.62. The predicted molar refractivity (Wildman–Crippen MR) is 92.0 cm³/mol. The number of rotatable bonds is 3. The van der Waals surface area contributed by atoms with Crippen LogP contribution in [0.3, 0.4) is 0 Å². The molecule has 0 aromatic heterocycles. The van der Waals surface area contributed by atoms with Crippen molar-refractivity contribution >= 4 is 35.8 Å². The van der Waals surface area contributed by atoms with Gasteiger partial charge in [-0.15, -0.1) is 24.0 Å². The molecule has 3 aliphatic rings. The third-order valence-corrected chi connectivity index (χ3v) is 4.52. The Labute approximate surface area is 143 Å². The number of carbonyl (C=O) groups excluding carboxylic acids is 1. The number of fused-ring (bicyclic) bond motifs is 2. The van der Waals surface area contributed by atoms with Crippen LogP contribution in [0.1, 0.15) is 32.1 Å². The van der Waals surface area contributed by atoms with Crippen LogP contribution in [0.5, 0.6) is 0 Å². The fourth-order valence-electron chi connectivity index (χ4n) is 3.40. The zero-order valence-corrected chi connectivity index (χ0v) is 14.8. The Bertz CT molecular complexity index is 398. The Kier molecular flexibility index (Phi) is 6.09. The van der Waals surface area contributed by atoms with Crippen LogP contribution in [0, 0.1) is 0 Å². The molecule has 3 atom stereocenters. The van der Waals surface area contributed by atoms with E-state index in [-0.39, 0.29) is 29.9 Å². The summed E-state index contributed by atoms with van der Waals surface area (Å²) in [6.45, 7) is 2.11. The van der Waals surface area contributed by atoms with Crippen molar-refractivity contribution in [1.29, 1.82) is 0 Å². The van der Waals surface area contributed by atoms with E-state index in [0.29, 0.717) is 30.8 Å². The average molecular weight is 408 g/mol. The summed E-state index contributed by atoms with van der Waals surface area (Å²) in [7, 11) is 1.74. The Morgan fingerprint density at radius 2 is 2.10 bits per heavy atom. The molecule has 21 heavy (non-hydrogen) atoms. The summed E-state index contributed by atoms with van der Waals surface area (Å²) in [5.41, 5.74) is 0. The van der Waals surface area contributed by atoms with Gasteiger partial charge < -0.3 is 20.3 Å². The smallest absolute Gasteiger partial charge is 0.241 e. The van der Waals surface area contributed by atoms with E-state index >= 15 is 0 Å². The van der Waals surface area contributed by atoms with E-state index in [0.717, 1.165) is 38.8 Å². The molecule has 7 heteroatoms. The number of hydrogen-bond donors (Lipinski definition) is 2.